The number of benzene rings is 1. The predicted octanol–water partition coefficient (Wildman–Crippen LogP) is 3.95. The van der Waals surface area contributed by atoms with Crippen LogP contribution in [0.4, 0.5) is 0 Å². The minimum atomic E-state index is 0.388. The molecule has 0 amide bonds. The number of nitrogens with zero attached hydrogens (tertiary/aromatic N) is 2. The van der Waals surface area contributed by atoms with Crippen molar-refractivity contribution in [3.8, 4) is 16.5 Å². The summed E-state index contributed by atoms with van der Waals surface area (Å²) in [5.41, 5.74) is 2.14. The van der Waals surface area contributed by atoms with E-state index in [0.29, 0.717) is 6.42 Å². The minimum Gasteiger partial charge on any atom is -0.245 e. The largest absolute Gasteiger partial charge is 0.245 e. The zero-order chi connectivity index (χ0) is 11.5. The molecule has 0 spiro atoms. The molecule has 80 valence electrons. The van der Waals surface area contributed by atoms with Crippen molar-refractivity contribution in [1.29, 1.82) is 5.26 Å². The van der Waals surface area contributed by atoms with Gasteiger partial charge in [-0.1, -0.05) is 28.1 Å². The van der Waals surface area contributed by atoms with E-state index in [0.717, 1.165) is 25.6 Å². The quantitative estimate of drug-likeness (QED) is 0.840. The molecule has 1 aromatic heterocycles. The smallest absolute Gasteiger partial charge is 0.108 e. The lowest BCUT2D eigenvalue weighted by Gasteiger charge is -1.98. The second-order valence-corrected chi connectivity index (χ2v) is 5.37. The highest BCUT2D eigenvalue weighted by atomic mass is 79.9. The van der Waals surface area contributed by atoms with Crippen LogP contribution in [0.25, 0.3) is 10.4 Å². The van der Waals surface area contributed by atoms with E-state index in [-0.39, 0.29) is 0 Å². The molecule has 0 aliphatic carbocycles. The van der Waals surface area contributed by atoms with Crippen LogP contribution in [-0.4, -0.2) is 4.98 Å². The number of nitriles is 1. The van der Waals surface area contributed by atoms with Gasteiger partial charge in [-0.05, 0) is 24.6 Å². The lowest BCUT2D eigenvalue weighted by Crippen LogP contribution is -1.79. The Morgan fingerprint density at radius 3 is 3.00 bits per heavy atom. The molecule has 1 aromatic carbocycles. The normalized spacial score (nSPS) is 10.1. The van der Waals surface area contributed by atoms with Crippen LogP contribution in [0.2, 0.25) is 0 Å². The number of aryl methyl sites for hydroxylation is 1. The number of aromatic nitrogens is 1. The second kappa shape index (κ2) is 4.77. The summed E-state index contributed by atoms with van der Waals surface area (Å²) in [6.07, 6.45) is 0.388. The molecule has 16 heavy (non-hydrogen) atoms. The fourth-order valence-corrected chi connectivity index (χ4v) is 2.89. The molecule has 0 bridgehead atoms. The summed E-state index contributed by atoms with van der Waals surface area (Å²) < 4.78 is 1.06. The van der Waals surface area contributed by atoms with E-state index in [1.54, 1.807) is 11.3 Å². The van der Waals surface area contributed by atoms with Gasteiger partial charge in [-0.25, -0.2) is 4.98 Å². The number of hydrogen-bond donors (Lipinski definition) is 0. The summed E-state index contributed by atoms with van der Waals surface area (Å²) in [6, 6.07) is 10.2. The Labute approximate surface area is 107 Å². The van der Waals surface area contributed by atoms with Gasteiger partial charge in [0, 0.05) is 4.47 Å². The molecule has 2 rings (SSSR count). The van der Waals surface area contributed by atoms with Gasteiger partial charge in [0.15, 0.2) is 0 Å². The first-order valence-corrected chi connectivity index (χ1v) is 6.41. The van der Waals surface area contributed by atoms with Crippen molar-refractivity contribution < 1.29 is 0 Å². The van der Waals surface area contributed by atoms with Crippen molar-refractivity contribution in [2.75, 3.05) is 0 Å². The topological polar surface area (TPSA) is 36.7 Å². The number of thiazole rings is 1. The molecule has 0 fully saturated rings. The monoisotopic (exact) mass is 292 g/mol. The van der Waals surface area contributed by atoms with Crippen molar-refractivity contribution >= 4 is 27.3 Å². The lowest BCUT2D eigenvalue weighted by molar-refractivity contribution is 1.14. The molecule has 0 aliphatic heterocycles. The Morgan fingerprint density at radius 1 is 1.50 bits per heavy atom. The van der Waals surface area contributed by atoms with Gasteiger partial charge in [-0.2, -0.15) is 5.26 Å². The molecular formula is C12H9BrN2S. The van der Waals surface area contributed by atoms with Gasteiger partial charge in [0.25, 0.3) is 0 Å². The van der Waals surface area contributed by atoms with Crippen LogP contribution in [0, 0.1) is 18.3 Å². The lowest BCUT2D eigenvalue weighted by atomic mass is 10.2. The average molecular weight is 293 g/mol. The van der Waals surface area contributed by atoms with E-state index in [1.165, 1.54) is 0 Å². The van der Waals surface area contributed by atoms with Crippen molar-refractivity contribution in [1.82, 2.24) is 4.98 Å². The predicted molar refractivity (Wildman–Crippen MR) is 69.3 cm³/mol. The molecule has 0 saturated heterocycles. The van der Waals surface area contributed by atoms with Crippen molar-refractivity contribution in [3.05, 3.63) is 39.4 Å². The molecule has 0 radical (unpaired) electrons. The van der Waals surface area contributed by atoms with E-state index in [1.807, 2.05) is 19.1 Å². The van der Waals surface area contributed by atoms with Gasteiger partial charge >= 0.3 is 0 Å². The highest BCUT2D eigenvalue weighted by Gasteiger charge is 2.09. The van der Waals surface area contributed by atoms with Gasteiger partial charge < -0.3 is 0 Å². The van der Waals surface area contributed by atoms with Crippen LogP contribution in [0.3, 0.4) is 0 Å². The van der Waals surface area contributed by atoms with Crippen molar-refractivity contribution in [3.63, 3.8) is 0 Å². The van der Waals surface area contributed by atoms with Crippen LogP contribution in [0.5, 0.6) is 0 Å². The van der Waals surface area contributed by atoms with Crippen LogP contribution >= 0.6 is 27.3 Å². The van der Waals surface area contributed by atoms with E-state index in [4.69, 9.17) is 5.26 Å². The second-order valence-electron chi connectivity index (χ2n) is 3.37. The van der Waals surface area contributed by atoms with Gasteiger partial charge in [0.2, 0.25) is 0 Å². The summed E-state index contributed by atoms with van der Waals surface area (Å²) in [7, 11) is 0. The zero-order valence-electron chi connectivity index (χ0n) is 8.70. The molecule has 0 atom stereocenters. The first kappa shape index (κ1) is 11.3. The van der Waals surface area contributed by atoms with Gasteiger partial charge in [0.1, 0.15) is 5.01 Å². The summed E-state index contributed by atoms with van der Waals surface area (Å²) in [6.45, 7) is 1.98. The molecule has 0 saturated carbocycles. The first-order chi connectivity index (χ1) is 7.70. The standard InChI is InChI=1S/C12H9BrN2S/c1-8-12(16-11(15-8)5-6-14)9-3-2-4-10(13)7-9/h2-4,7H,5H2,1H3. The first-order valence-electron chi connectivity index (χ1n) is 4.80. The average Bonchev–Trinajstić information content (AvgIpc) is 2.60. The molecule has 4 heteroatoms. The van der Waals surface area contributed by atoms with Crippen molar-refractivity contribution in [2.24, 2.45) is 0 Å². The van der Waals surface area contributed by atoms with Crippen LogP contribution in [0.1, 0.15) is 10.7 Å². The molecule has 1 heterocycles. The van der Waals surface area contributed by atoms with E-state index >= 15 is 0 Å². The third-order valence-corrected chi connectivity index (χ3v) is 3.86. The Bertz CT molecular complexity index is 554. The maximum absolute atomic E-state index is 8.64. The van der Waals surface area contributed by atoms with Gasteiger partial charge in [-0.15, -0.1) is 11.3 Å². The van der Waals surface area contributed by atoms with E-state index < -0.39 is 0 Å². The third kappa shape index (κ3) is 2.31. The minimum absolute atomic E-state index is 0.388. The number of halogens is 1. The molecule has 2 nitrogen and oxygen atoms in total. The Balaban J connectivity index is 2.44. The van der Waals surface area contributed by atoms with Gasteiger partial charge in [0.05, 0.1) is 23.1 Å². The summed E-state index contributed by atoms with van der Waals surface area (Å²) in [5.74, 6) is 0. The van der Waals surface area contributed by atoms with Gasteiger partial charge in [-0.3, -0.25) is 0 Å². The molecule has 2 aromatic rings. The zero-order valence-corrected chi connectivity index (χ0v) is 11.1. The fourth-order valence-electron chi connectivity index (χ4n) is 1.49. The summed E-state index contributed by atoms with van der Waals surface area (Å²) in [4.78, 5) is 5.53. The van der Waals surface area contributed by atoms with Crippen molar-refractivity contribution in [2.45, 2.75) is 13.3 Å². The maximum atomic E-state index is 8.64. The maximum Gasteiger partial charge on any atom is 0.108 e. The Kier molecular flexibility index (Phi) is 3.37. The van der Waals surface area contributed by atoms with Crippen LogP contribution < -0.4 is 0 Å². The number of rotatable bonds is 2. The highest BCUT2D eigenvalue weighted by Crippen LogP contribution is 2.31. The highest BCUT2D eigenvalue weighted by molar-refractivity contribution is 9.10. The Morgan fingerprint density at radius 2 is 2.31 bits per heavy atom. The SMILES string of the molecule is Cc1nc(CC#N)sc1-c1cccc(Br)c1. The summed E-state index contributed by atoms with van der Waals surface area (Å²) >= 11 is 5.04. The van der Waals surface area contributed by atoms with Crippen LogP contribution in [-0.2, 0) is 6.42 Å². The number of hydrogen-bond acceptors (Lipinski definition) is 3. The molecule has 0 N–H and O–H groups in total. The molecular weight excluding hydrogens is 284 g/mol. The molecule has 0 unspecified atom stereocenters. The van der Waals surface area contributed by atoms with E-state index in [9.17, 15) is 0 Å². The Hall–Kier alpha value is -1.18. The molecule has 0 aliphatic rings. The fraction of sp³-hybridized carbons (Fsp3) is 0.167. The third-order valence-electron chi connectivity index (χ3n) is 2.16. The van der Waals surface area contributed by atoms with E-state index in [2.05, 4.69) is 39.1 Å². The van der Waals surface area contributed by atoms with Crippen LogP contribution in [0.15, 0.2) is 28.7 Å². The summed E-state index contributed by atoms with van der Waals surface area (Å²) in [5, 5.41) is 9.53.